The molecule has 0 bridgehead atoms. The number of benzene rings is 2. The Morgan fingerprint density at radius 1 is 1.06 bits per heavy atom. The minimum Gasteiger partial charge on any atom is -0.483 e. The van der Waals surface area contributed by atoms with Crippen molar-refractivity contribution in [1.82, 2.24) is 15.2 Å². The molecule has 0 atom stereocenters. The standard InChI is InChI=1S/C22H20F3N3O4/c23-22(24,25)21(29)32-28-12-10-15(11-13-28)17-8-4-5-9-18(17)30-14-19-26-20(27-31-19)16-6-2-1-3-7-16/h1-9,15H,10-14H2. The van der Waals surface area contributed by atoms with Gasteiger partial charge < -0.3 is 14.1 Å². The Labute approximate surface area is 181 Å². The predicted octanol–water partition coefficient (Wildman–Crippen LogP) is 4.52. The molecule has 2 aromatic carbocycles. The number of nitrogens with zero attached hydrogens (tertiary/aromatic N) is 3. The Morgan fingerprint density at radius 3 is 2.47 bits per heavy atom. The van der Waals surface area contributed by atoms with Crippen LogP contribution in [0.5, 0.6) is 5.75 Å². The van der Waals surface area contributed by atoms with Crippen molar-refractivity contribution in [1.29, 1.82) is 0 Å². The van der Waals surface area contributed by atoms with Crippen molar-refractivity contribution < 1.29 is 32.1 Å². The third kappa shape index (κ3) is 5.25. The molecule has 3 aromatic rings. The van der Waals surface area contributed by atoms with Gasteiger partial charge in [-0.1, -0.05) is 53.7 Å². The molecule has 0 spiro atoms. The zero-order chi connectivity index (χ0) is 22.6. The Hall–Kier alpha value is -3.40. The molecule has 7 nitrogen and oxygen atoms in total. The van der Waals surface area contributed by atoms with Gasteiger partial charge in [-0.05, 0) is 30.4 Å². The van der Waals surface area contributed by atoms with E-state index in [1.54, 1.807) is 0 Å². The van der Waals surface area contributed by atoms with E-state index in [1.165, 1.54) is 0 Å². The van der Waals surface area contributed by atoms with Crippen LogP contribution in [0.25, 0.3) is 11.4 Å². The van der Waals surface area contributed by atoms with Gasteiger partial charge in [0.25, 0.3) is 5.89 Å². The number of carbonyl (C=O) groups is 1. The number of alkyl halides is 3. The van der Waals surface area contributed by atoms with Crippen molar-refractivity contribution in [3.63, 3.8) is 0 Å². The van der Waals surface area contributed by atoms with Crippen molar-refractivity contribution >= 4 is 5.97 Å². The molecule has 32 heavy (non-hydrogen) atoms. The minimum atomic E-state index is -5.01. The maximum Gasteiger partial charge on any atom is 0.492 e. The van der Waals surface area contributed by atoms with Crippen molar-refractivity contribution in [3.8, 4) is 17.1 Å². The number of rotatable bonds is 6. The Bertz CT molecular complexity index is 1050. The van der Waals surface area contributed by atoms with Crippen LogP contribution in [0.2, 0.25) is 0 Å². The molecular weight excluding hydrogens is 427 g/mol. The van der Waals surface area contributed by atoms with E-state index in [1.807, 2.05) is 54.6 Å². The first kappa shape index (κ1) is 21.8. The second-order valence-corrected chi connectivity index (χ2v) is 7.28. The molecule has 2 heterocycles. The fourth-order valence-corrected chi connectivity index (χ4v) is 3.53. The summed E-state index contributed by atoms with van der Waals surface area (Å²) in [5.74, 6) is -0.716. The third-order valence-corrected chi connectivity index (χ3v) is 5.11. The largest absolute Gasteiger partial charge is 0.492 e. The van der Waals surface area contributed by atoms with Gasteiger partial charge in [-0.3, -0.25) is 0 Å². The summed E-state index contributed by atoms with van der Waals surface area (Å²) in [4.78, 5) is 19.8. The molecule has 0 radical (unpaired) electrons. The highest BCUT2D eigenvalue weighted by atomic mass is 19.4. The van der Waals surface area contributed by atoms with Gasteiger partial charge in [0.1, 0.15) is 5.75 Å². The van der Waals surface area contributed by atoms with Crippen molar-refractivity contribution in [3.05, 3.63) is 66.1 Å². The zero-order valence-corrected chi connectivity index (χ0v) is 16.9. The van der Waals surface area contributed by atoms with Gasteiger partial charge in [0.15, 0.2) is 6.61 Å². The molecule has 0 N–H and O–H groups in total. The molecule has 1 fully saturated rings. The zero-order valence-electron chi connectivity index (χ0n) is 16.9. The van der Waals surface area contributed by atoms with Crippen molar-refractivity contribution in [2.75, 3.05) is 13.1 Å². The molecule has 0 unspecified atom stereocenters. The lowest BCUT2D eigenvalue weighted by Crippen LogP contribution is -2.39. The summed E-state index contributed by atoms with van der Waals surface area (Å²) in [6, 6.07) is 16.9. The predicted molar refractivity (Wildman–Crippen MR) is 106 cm³/mol. The van der Waals surface area contributed by atoms with Gasteiger partial charge in [-0.2, -0.15) is 18.2 Å². The fourth-order valence-electron chi connectivity index (χ4n) is 3.53. The summed E-state index contributed by atoms with van der Waals surface area (Å²) in [6.45, 7) is 0.481. The van der Waals surface area contributed by atoms with E-state index >= 15 is 0 Å². The lowest BCUT2D eigenvalue weighted by molar-refractivity contribution is -0.241. The maximum absolute atomic E-state index is 12.4. The SMILES string of the molecule is O=C(ON1CCC(c2ccccc2OCc2nc(-c3ccccc3)no2)CC1)C(F)(F)F. The van der Waals surface area contributed by atoms with Crippen LogP contribution in [0.3, 0.4) is 0 Å². The fraction of sp³-hybridized carbons (Fsp3) is 0.318. The second kappa shape index (κ2) is 9.39. The van der Waals surface area contributed by atoms with Crippen LogP contribution in [-0.2, 0) is 16.2 Å². The third-order valence-electron chi connectivity index (χ3n) is 5.11. The van der Waals surface area contributed by atoms with E-state index in [2.05, 4.69) is 15.0 Å². The lowest BCUT2D eigenvalue weighted by Gasteiger charge is -2.31. The molecule has 1 aliphatic heterocycles. The number of hydrogen-bond acceptors (Lipinski definition) is 7. The van der Waals surface area contributed by atoms with Gasteiger partial charge in [0.2, 0.25) is 5.82 Å². The van der Waals surface area contributed by atoms with E-state index in [9.17, 15) is 18.0 Å². The average molecular weight is 447 g/mol. The first-order valence-corrected chi connectivity index (χ1v) is 10.0. The number of carbonyl (C=O) groups excluding carboxylic acids is 1. The summed E-state index contributed by atoms with van der Waals surface area (Å²) in [5.41, 5.74) is 1.76. The molecule has 1 aromatic heterocycles. The summed E-state index contributed by atoms with van der Waals surface area (Å²) >= 11 is 0. The second-order valence-electron chi connectivity index (χ2n) is 7.28. The first-order chi connectivity index (χ1) is 15.4. The van der Waals surface area contributed by atoms with E-state index in [0.717, 1.165) is 16.2 Å². The number of aromatic nitrogens is 2. The van der Waals surface area contributed by atoms with Gasteiger partial charge in [-0.25, -0.2) is 4.79 Å². The highest BCUT2D eigenvalue weighted by molar-refractivity contribution is 5.75. The monoisotopic (exact) mass is 447 g/mol. The van der Waals surface area contributed by atoms with Crippen LogP contribution < -0.4 is 4.74 Å². The molecule has 4 rings (SSSR count). The molecular formula is C22H20F3N3O4. The van der Waals surface area contributed by atoms with Crippen LogP contribution in [0.4, 0.5) is 13.2 Å². The van der Waals surface area contributed by atoms with Crippen LogP contribution in [-0.4, -0.2) is 40.4 Å². The number of hydrogen-bond donors (Lipinski definition) is 0. The van der Waals surface area contributed by atoms with Crippen LogP contribution in [0, 0.1) is 0 Å². The van der Waals surface area contributed by atoms with Gasteiger partial charge in [0, 0.05) is 18.7 Å². The molecule has 168 valence electrons. The van der Waals surface area contributed by atoms with Crippen molar-refractivity contribution in [2.45, 2.75) is 31.5 Å². The number of para-hydroxylation sites is 1. The Kier molecular flexibility index (Phi) is 6.40. The van der Waals surface area contributed by atoms with Gasteiger partial charge in [-0.15, -0.1) is 5.06 Å². The highest BCUT2D eigenvalue weighted by Crippen LogP contribution is 2.35. The maximum atomic E-state index is 12.4. The normalized spacial score (nSPS) is 15.5. The van der Waals surface area contributed by atoms with Crippen LogP contribution in [0.15, 0.2) is 59.1 Å². The lowest BCUT2D eigenvalue weighted by atomic mass is 9.89. The number of hydroxylamine groups is 2. The summed E-state index contributed by atoms with van der Waals surface area (Å²) in [7, 11) is 0. The first-order valence-electron chi connectivity index (χ1n) is 10.0. The van der Waals surface area contributed by atoms with E-state index in [-0.39, 0.29) is 25.6 Å². The topological polar surface area (TPSA) is 77.7 Å². The number of halogens is 3. The van der Waals surface area contributed by atoms with Gasteiger partial charge >= 0.3 is 12.1 Å². The molecule has 0 aliphatic carbocycles. The smallest absolute Gasteiger partial charge is 0.483 e. The van der Waals surface area contributed by atoms with Crippen molar-refractivity contribution in [2.24, 2.45) is 0 Å². The number of ether oxygens (including phenoxy) is 1. The summed E-state index contributed by atoms with van der Waals surface area (Å²) in [6.07, 6.45) is -3.97. The Balaban J connectivity index is 1.36. The molecule has 1 saturated heterocycles. The number of piperidine rings is 1. The van der Waals surface area contributed by atoms with Gasteiger partial charge in [0.05, 0.1) is 0 Å². The van der Waals surface area contributed by atoms with Crippen LogP contribution >= 0.6 is 0 Å². The molecule has 0 amide bonds. The van der Waals surface area contributed by atoms with Crippen LogP contribution in [0.1, 0.15) is 30.2 Å². The molecule has 10 heteroatoms. The quantitative estimate of drug-likeness (QED) is 0.550. The summed E-state index contributed by atoms with van der Waals surface area (Å²) < 4.78 is 48.3. The summed E-state index contributed by atoms with van der Waals surface area (Å²) in [5, 5.41) is 5.02. The molecule has 1 aliphatic rings. The average Bonchev–Trinajstić information content (AvgIpc) is 3.28. The molecule has 0 saturated carbocycles. The Morgan fingerprint density at radius 2 is 1.75 bits per heavy atom. The van der Waals surface area contributed by atoms with E-state index < -0.39 is 12.1 Å². The van der Waals surface area contributed by atoms with E-state index in [4.69, 9.17) is 9.26 Å². The highest BCUT2D eigenvalue weighted by Gasteiger charge is 2.43. The minimum absolute atomic E-state index is 0.0506. The van der Waals surface area contributed by atoms with E-state index in [0.29, 0.717) is 30.3 Å².